The molecule has 0 saturated carbocycles. The molecule has 2 N–H and O–H groups in total. The molecule has 3 amide bonds. The van der Waals surface area contributed by atoms with Crippen LogP contribution in [0.4, 0.5) is 0 Å². The van der Waals surface area contributed by atoms with Crippen LogP contribution in [0.25, 0.3) is 0 Å². The Kier molecular flexibility index (Phi) is 4.55. The Hall–Kier alpha value is -2.38. The number of amides is 3. The molecule has 2 aliphatic heterocycles. The fourth-order valence-electron chi connectivity index (χ4n) is 3.51. The van der Waals surface area contributed by atoms with Gasteiger partial charge in [0.05, 0.1) is 18.7 Å². The minimum Gasteiger partial charge on any atom is -0.364 e. The maximum absolute atomic E-state index is 12.8. The second-order valence-corrected chi connectivity index (χ2v) is 6.41. The van der Waals surface area contributed by atoms with Crippen LogP contribution in [0, 0.1) is 5.92 Å². The summed E-state index contributed by atoms with van der Waals surface area (Å²) in [7, 11) is 0. The van der Waals surface area contributed by atoms with Crippen LogP contribution in [-0.4, -0.2) is 56.7 Å². The van der Waals surface area contributed by atoms with Crippen molar-refractivity contribution in [2.24, 2.45) is 11.7 Å². The molecule has 24 heavy (non-hydrogen) atoms. The molecule has 8 heteroatoms. The lowest BCUT2D eigenvalue weighted by Gasteiger charge is -2.36. The van der Waals surface area contributed by atoms with E-state index < -0.39 is 5.91 Å². The number of nitrogens with zero attached hydrogens (tertiary/aromatic N) is 4. The van der Waals surface area contributed by atoms with E-state index in [1.54, 1.807) is 14.4 Å². The van der Waals surface area contributed by atoms with E-state index in [0.717, 1.165) is 6.42 Å². The van der Waals surface area contributed by atoms with Crippen LogP contribution in [0.15, 0.2) is 6.20 Å². The molecular formula is C16H23N5O3. The SMILES string of the molecule is CCCN1C[C@H](C(=O)N2CCn3c(C(N)=O)cnc3C2)CCC1=O. The third-order valence-corrected chi connectivity index (χ3v) is 4.77. The van der Waals surface area contributed by atoms with Gasteiger partial charge in [0.1, 0.15) is 11.5 Å². The van der Waals surface area contributed by atoms with Crippen LogP contribution in [-0.2, 0) is 22.7 Å². The summed E-state index contributed by atoms with van der Waals surface area (Å²) in [6.07, 6.45) is 3.40. The highest BCUT2D eigenvalue weighted by atomic mass is 16.2. The molecule has 0 aromatic carbocycles. The molecule has 0 radical (unpaired) electrons. The number of primary amides is 1. The molecule has 1 aromatic rings. The summed E-state index contributed by atoms with van der Waals surface area (Å²) in [6, 6.07) is 0. The van der Waals surface area contributed by atoms with Crippen molar-refractivity contribution in [1.29, 1.82) is 0 Å². The number of fused-ring (bicyclic) bond motifs is 1. The highest BCUT2D eigenvalue weighted by Gasteiger charge is 2.34. The monoisotopic (exact) mass is 333 g/mol. The molecule has 3 heterocycles. The first kappa shape index (κ1) is 16.5. The van der Waals surface area contributed by atoms with Gasteiger partial charge in [0.2, 0.25) is 11.8 Å². The van der Waals surface area contributed by atoms with Gasteiger partial charge < -0.3 is 20.1 Å². The zero-order chi connectivity index (χ0) is 17.3. The van der Waals surface area contributed by atoms with Crippen molar-refractivity contribution in [3.8, 4) is 0 Å². The van der Waals surface area contributed by atoms with E-state index in [-0.39, 0.29) is 17.7 Å². The van der Waals surface area contributed by atoms with Gasteiger partial charge in [-0.1, -0.05) is 6.92 Å². The molecule has 0 bridgehead atoms. The molecular weight excluding hydrogens is 310 g/mol. The quantitative estimate of drug-likeness (QED) is 0.836. The fourth-order valence-corrected chi connectivity index (χ4v) is 3.51. The van der Waals surface area contributed by atoms with Crippen LogP contribution >= 0.6 is 0 Å². The molecule has 130 valence electrons. The number of rotatable bonds is 4. The zero-order valence-corrected chi connectivity index (χ0v) is 13.9. The Morgan fingerprint density at radius 1 is 1.38 bits per heavy atom. The van der Waals surface area contributed by atoms with Gasteiger partial charge in [-0.25, -0.2) is 4.98 Å². The van der Waals surface area contributed by atoms with Crippen molar-refractivity contribution in [1.82, 2.24) is 19.4 Å². The van der Waals surface area contributed by atoms with Crippen molar-refractivity contribution in [2.75, 3.05) is 19.6 Å². The maximum atomic E-state index is 12.8. The summed E-state index contributed by atoms with van der Waals surface area (Å²) in [5.41, 5.74) is 5.72. The summed E-state index contributed by atoms with van der Waals surface area (Å²) in [6.45, 7) is 4.66. The number of likely N-dealkylation sites (tertiary alicyclic amines) is 1. The summed E-state index contributed by atoms with van der Waals surface area (Å²) < 4.78 is 1.78. The Morgan fingerprint density at radius 3 is 2.88 bits per heavy atom. The van der Waals surface area contributed by atoms with Gasteiger partial charge in [-0.15, -0.1) is 0 Å². The second-order valence-electron chi connectivity index (χ2n) is 6.41. The number of piperidine rings is 1. The first-order valence-corrected chi connectivity index (χ1v) is 8.42. The lowest BCUT2D eigenvalue weighted by molar-refractivity contribution is -0.144. The van der Waals surface area contributed by atoms with E-state index in [4.69, 9.17) is 5.73 Å². The van der Waals surface area contributed by atoms with Crippen molar-refractivity contribution in [3.05, 3.63) is 17.7 Å². The maximum Gasteiger partial charge on any atom is 0.266 e. The van der Waals surface area contributed by atoms with E-state index in [9.17, 15) is 14.4 Å². The molecule has 0 aliphatic carbocycles. The second kappa shape index (κ2) is 6.62. The summed E-state index contributed by atoms with van der Waals surface area (Å²) in [4.78, 5) is 43.9. The van der Waals surface area contributed by atoms with Gasteiger partial charge in [-0.2, -0.15) is 0 Å². The smallest absolute Gasteiger partial charge is 0.266 e. The Labute approximate surface area is 140 Å². The Morgan fingerprint density at radius 2 is 2.17 bits per heavy atom. The summed E-state index contributed by atoms with van der Waals surface area (Å²) >= 11 is 0. The van der Waals surface area contributed by atoms with E-state index in [1.165, 1.54) is 6.20 Å². The molecule has 1 saturated heterocycles. The number of carbonyl (C=O) groups is 3. The van der Waals surface area contributed by atoms with Crippen LogP contribution in [0.5, 0.6) is 0 Å². The van der Waals surface area contributed by atoms with Gasteiger partial charge >= 0.3 is 0 Å². The van der Waals surface area contributed by atoms with E-state index in [2.05, 4.69) is 4.98 Å². The number of carbonyl (C=O) groups excluding carboxylic acids is 3. The van der Waals surface area contributed by atoms with Gasteiger partial charge in [-0.05, 0) is 12.8 Å². The third kappa shape index (κ3) is 3.00. The van der Waals surface area contributed by atoms with Crippen molar-refractivity contribution in [2.45, 2.75) is 39.3 Å². The minimum atomic E-state index is -0.505. The average Bonchev–Trinajstić information content (AvgIpc) is 2.99. The molecule has 0 spiro atoms. The minimum absolute atomic E-state index is 0.0680. The van der Waals surface area contributed by atoms with E-state index >= 15 is 0 Å². The van der Waals surface area contributed by atoms with Crippen LogP contribution < -0.4 is 5.73 Å². The van der Waals surface area contributed by atoms with E-state index in [1.807, 2.05) is 6.92 Å². The van der Waals surface area contributed by atoms with Crippen LogP contribution in [0.2, 0.25) is 0 Å². The highest BCUT2D eigenvalue weighted by Crippen LogP contribution is 2.23. The number of hydrogen-bond donors (Lipinski definition) is 1. The van der Waals surface area contributed by atoms with Crippen molar-refractivity contribution in [3.63, 3.8) is 0 Å². The molecule has 8 nitrogen and oxygen atoms in total. The standard InChI is InChI=1S/C16H23N5O3/c1-2-5-19-9-11(3-4-14(19)22)16(24)20-6-7-21-12(15(17)23)8-18-13(21)10-20/h8,11H,2-7,9-10H2,1H3,(H2,17,23)/t11-/m1/s1. The molecule has 0 unspecified atom stereocenters. The van der Waals surface area contributed by atoms with Crippen LogP contribution in [0.3, 0.4) is 0 Å². The number of nitrogens with two attached hydrogens (primary N) is 1. The van der Waals surface area contributed by atoms with Gasteiger partial charge in [0, 0.05) is 32.6 Å². The van der Waals surface area contributed by atoms with Gasteiger partial charge in [0.25, 0.3) is 5.91 Å². The van der Waals surface area contributed by atoms with Crippen molar-refractivity contribution < 1.29 is 14.4 Å². The average molecular weight is 333 g/mol. The predicted molar refractivity (Wildman–Crippen MR) is 85.8 cm³/mol. The van der Waals surface area contributed by atoms with E-state index in [0.29, 0.717) is 57.1 Å². The zero-order valence-electron chi connectivity index (χ0n) is 13.9. The molecule has 3 rings (SSSR count). The number of hydrogen-bond acceptors (Lipinski definition) is 4. The number of aromatic nitrogens is 2. The Balaban J connectivity index is 1.68. The first-order chi connectivity index (χ1) is 11.5. The lowest BCUT2D eigenvalue weighted by atomic mass is 9.95. The molecule has 1 atom stereocenters. The fraction of sp³-hybridized carbons (Fsp3) is 0.625. The first-order valence-electron chi connectivity index (χ1n) is 8.42. The molecule has 2 aliphatic rings. The number of imidazole rings is 1. The Bertz CT molecular complexity index is 669. The highest BCUT2D eigenvalue weighted by molar-refractivity contribution is 5.91. The van der Waals surface area contributed by atoms with Crippen molar-refractivity contribution >= 4 is 17.7 Å². The van der Waals surface area contributed by atoms with Gasteiger partial charge in [-0.3, -0.25) is 14.4 Å². The topological polar surface area (TPSA) is 102 Å². The largest absolute Gasteiger partial charge is 0.364 e. The van der Waals surface area contributed by atoms with Crippen LogP contribution in [0.1, 0.15) is 42.5 Å². The third-order valence-electron chi connectivity index (χ3n) is 4.77. The van der Waals surface area contributed by atoms with Gasteiger partial charge in [0.15, 0.2) is 0 Å². The molecule has 1 fully saturated rings. The predicted octanol–water partition coefficient (Wildman–Crippen LogP) is -0.0272. The lowest BCUT2D eigenvalue weighted by Crippen LogP contribution is -2.49. The molecule has 1 aromatic heterocycles. The summed E-state index contributed by atoms with van der Waals surface area (Å²) in [5, 5.41) is 0. The summed E-state index contributed by atoms with van der Waals surface area (Å²) in [5.74, 6) is 0.237. The normalized spacial score (nSPS) is 20.9.